The minimum Gasteiger partial charge on any atom is -0.468 e. The first-order chi connectivity index (χ1) is 8.58. The van der Waals surface area contributed by atoms with Crippen molar-refractivity contribution in [1.82, 2.24) is 9.97 Å². The maximum Gasteiger partial charge on any atom is 0.324 e. The summed E-state index contributed by atoms with van der Waals surface area (Å²) in [4.78, 5) is 20.6. The number of methoxy groups -OCH3 is 1. The molecule has 0 radical (unpaired) electrons. The topological polar surface area (TPSA) is 61.3 Å². The highest BCUT2D eigenvalue weighted by Gasteiger charge is 2.51. The summed E-state index contributed by atoms with van der Waals surface area (Å²) in [5.41, 5.74) is 0.145. The highest BCUT2D eigenvalue weighted by atomic mass is 16.5. The molecule has 0 saturated carbocycles. The molecule has 2 rings (SSSR count). The number of aromatic nitrogens is 2. The maximum atomic E-state index is 11.9. The Morgan fingerprint density at radius 2 is 2.28 bits per heavy atom. The van der Waals surface area contributed by atoms with E-state index < -0.39 is 5.41 Å². The van der Waals surface area contributed by atoms with Crippen LogP contribution in [-0.2, 0) is 26.1 Å². The number of hydrogen-bond acceptors (Lipinski definition) is 5. The molecule has 5 nitrogen and oxygen atoms in total. The monoisotopic (exact) mass is 250 g/mol. The summed E-state index contributed by atoms with van der Waals surface area (Å²) in [6.07, 6.45) is 2.57. The van der Waals surface area contributed by atoms with E-state index in [9.17, 15) is 4.79 Å². The number of nitrogens with zero attached hydrogens (tertiary/aromatic N) is 2. The molecule has 0 spiro atoms. The SMILES string of the molecule is COC(=O)C1(c2nccc(CC(C)C)n2)COC1. The van der Waals surface area contributed by atoms with Crippen molar-refractivity contribution in [3.8, 4) is 0 Å². The summed E-state index contributed by atoms with van der Waals surface area (Å²) in [5.74, 6) is 0.702. The Bertz CT molecular complexity index is 442. The molecule has 1 aliphatic heterocycles. The minimum absolute atomic E-state index is 0.296. The molecule has 5 heteroatoms. The fourth-order valence-corrected chi connectivity index (χ4v) is 2.00. The second-order valence-corrected chi connectivity index (χ2v) is 5.04. The third-order valence-electron chi connectivity index (χ3n) is 3.03. The van der Waals surface area contributed by atoms with Gasteiger partial charge in [-0.25, -0.2) is 9.97 Å². The molecular weight excluding hydrogens is 232 g/mol. The number of esters is 1. The maximum absolute atomic E-state index is 11.9. The lowest BCUT2D eigenvalue weighted by Gasteiger charge is -2.36. The summed E-state index contributed by atoms with van der Waals surface area (Å²) >= 11 is 0. The Morgan fingerprint density at radius 3 is 2.78 bits per heavy atom. The van der Waals surface area contributed by atoms with Crippen LogP contribution in [0.15, 0.2) is 12.3 Å². The van der Waals surface area contributed by atoms with Crippen LogP contribution in [0.1, 0.15) is 25.4 Å². The molecule has 0 bridgehead atoms. The van der Waals surface area contributed by atoms with Crippen LogP contribution >= 0.6 is 0 Å². The van der Waals surface area contributed by atoms with E-state index in [2.05, 4.69) is 23.8 Å². The van der Waals surface area contributed by atoms with Crippen molar-refractivity contribution in [3.05, 3.63) is 23.8 Å². The molecule has 0 atom stereocenters. The molecule has 1 aliphatic rings. The average Bonchev–Trinajstić information content (AvgIpc) is 2.27. The Balaban J connectivity index is 2.29. The molecule has 0 N–H and O–H groups in total. The quantitative estimate of drug-likeness (QED) is 0.749. The Kier molecular flexibility index (Phi) is 3.61. The fraction of sp³-hybridized carbons (Fsp3) is 0.615. The summed E-state index contributed by atoms with van der Waals surface area (Å²) in [6, 6.07) is 1.88. The lowest BCUT2D eigenvalue weighted by molar-refractivity contribution is -0.167. The lowest BCUT2D eigenvalue weighted by atomic mass is 9.85. The van der Waals surface area contributed by atoms with Gasteiger partial charge in [0.2, 0.25) is 0 Å². The van der Waals surface area contributed by atoms with Crippen molar-refractivity contribution in [3.63, 3.8) is 0 Å². The predicted molar refractivity (Wildman–Crippen MR) is 65.1 cm³/mol. The van der Waals surface area contributed by atoms with Gasteiger partial charge in [0, 0.05) is 11.9 Å². The smallest absolute Gasteiger partial charge is 0.324 e. The Labute approximate surface area is 107 Å². The van der Waals surface area contributed by atoms with E-state index in [0.29, 0.717) is 25.0 Å². The minimum atomic E-state index is -0.804. The molecule has 0 amide bonds. The number of carbonyl (C=O) groups is 1. The normalized spacial score (nSPS) is 17.3. The van der Waals surface area contributed by atoms with Gasteiger partial charge in [-0.1, -0.05) is 13.8 Å². The van der Waals surface area contributed by atoms with Crippen molar-refractivity contribution in [2.75, 3.05) is 20.3 Å². The number of carbonyl (C=O) groups excluding carboxylic acids is 1. The zero-order valence-electron chi connectivity index (χ0n) is 11.0. The van der Waals surface area contributed by atoms with Gasteiger partial charge in [0.05, 0.1) is 20.3 Å². The summed E-state index contributed by atoms with van der Waals surface area (Å²) in [5, 5.41) is 0. The van der Waals surface area contributed by atoms with E-state index in [1.165, 1.54) is 7.11 Å². The fourth-order valence-electron chi connectivity index (χ4n) is 2.00. The van der Waals surface area contributed by atoms with E-state index in [4.69, 9.17) is 9.47 Å². The zero-order valence-corrected chi connectivity index (χ0v) is 11.0. The molecule has 1 aromatic heterocycles. The van der Waals surface area contributed by atoms with Crippen molar-refractivity contribution in [2.45, 2.75) is 25.7 Å². The van der Waals surface area contributed by atoms with Crippen LogP contribution in [0.4, 0.5) is 0 Å². The van der Waals surface area contributed by atoms with Crippen LogP contribution in [-0.4, -0.2) is 36.3 Å². The number of rotatable bonds is 4. The van der Waals surface area contributed by atoms with Gasteiger partial charge >= 0.3 is 5.97 Å². The highest BCUT2D eigenvalue weighted by molar-refractivity contribution is 5.83. The molecular formula is C13H18N2O3. The van der Waals surface area contributed by atoms with Gasteiger partial charge in [0.1, 0.15) is 0 Å². The second-order valence-electron chi connectivity index (χ2n) is 5.04. The molecule has 0 unspecified atom stereocenters. The molecule has 98 valence electrons. The van der Waals surface area contributed by atoms with Crippen molar-refractivity contribution >= 4 is 5.97 Å². The van der Waals surface area contributed by atoms with Crippen molar-refractivity contribution in [2.24, 2.45) is 5.92 Å². The lowest BCUT2D eigenvalue weighted by Crippen LogP contribution is -2.54. The molecule has 18 heavy (non-hydrogen) atoms. The predicted octanol–water partition coefficient (Wildman–Crippen LogP) is 1.12. The van der Waals surface area contributed by atoms with Crippen LogP contribution in [0, 0.1) is 5.92 Å². The molecule has 0 aliphatic carbocycles. The van der Waals surface area contributed by atoms with Gasteiger partial charge in [-0.3, -0.25) is 4.79 Å². The van der Waals surface area contributed by atoms with E-state index in [1.54, 1.807) is 6.20 Å². The van der Waals surface area contributed by atoms with Gasteiger partial charge in [-0.2, -0.15) is 0 Å². The third-order valence-corrected chi connectivity index (χ3v) is 3.03. The highest BCUT2D eigenvalue weighted by Crippen LogP contribution is 2.31. The van der Waals surface area contributed by atoms with Gasteiger partial charge < -0.3 is 9.47 Å². The first-order valence-corrected chi connectivity index (χ1v) is 6.07. The molecule has 1 aromatic rings. The van der Waals surface area contributed by atoms with E-state index in [-0.39, 0.29) is 5.97 Å². The van der Waals surface area contributed by atoms with E-state index >= 15 is 0 Å². The van der Waals surface area contributed by atoms with Crippen LogP contribution in [0.2, 0.25) is 0 Å². The van der Waals surface area contributed by atoms with Crippen molar-refractivity contribution in [1.29, 1.82) is 0 Å². The van der Waals surface area contributed by atoms with Gasteiger partial charge in [-0.15, -0.1) is 0 Å². The summed E-state index contributed by atoms with van der Waals surface area (Å²) < 4.78 is 9.99. The molecule has 1 saturated heterocycles. The van der Waals surface area contributed by atoms with Gasteiger partial charge in [0.25, 0.3) is 0 Å². The number of ether oxygens (including phenoxy) is 2. The second kappa shape index (κ2) is 5.02. The van der Waals surface area contributed by atoms with Crippen LogP contribution in [0.3, 0.4) is 0 Å². The van der Waals surface area contributed by atoms with Crippen LogP contribution in [0.25, 0.3) is 0 Å². The van der Waals surface area contributed by atoms with Crippen LogP contribution in [0.5, 0.6) is 0 Å². The largest absolute Gasteiger partial charge is 0.468 e. The zero-order chi connectivity index (χ0) is 13.2. The van der Waals surface area contributed by atoms with E-state index in [1.807, 2.05) is 6.07 Å². The Morgan fingerprint density at radius 1 is 1.56 bits per heavy atom. The van der Waals surface area contributed by atoms with Gasteiger partial charge in [0.15, 0.2) is 11.2 Å². The summed E-state index contributed by atoms with van der Waals surface area (Å²) in [7, 11) is 1.38. The first-order valence-electron chi connectivity index (χ1n) is 6.07. The van der Waals surface area contributed by atoms with Crippen LogP contribution < -0.4 is 0 Å². The number of hydrogen-bond donors (Lipinski definition) is 0. The molecule has 1 fully saturated rings. The molecule has 0 aromatic carbocycles. The van der Waals surface area contributed by atoms with Crippen molar-refractivity contribution < 1.29 is 14.3 Å². The first kappa shape index (κ1) is 13.0. The molecule has 2 heterocycles. The standard InChI is InChI=1S/C13H18N2O3/c1-9(2)6-10-4-5-14-11(15-10)13(7-18-8-13)12(16)17-3/h4-5,9H,6-8H2,1-3H3. The van der Waals surface area contributed by atoms with E-state index in [0.717, 1.165) is 12.1 Å². The third kappa shape index (κ3) is 2.22. The summed E-state index contributed by atoms with van der Waals surface area (Å²) in [6.45, 7) is 4.85. The Hall–Kier alpha value is -1.49. The average molecular weight is 250 g/mol. The van der Waals surface area contributed by atoms with Gasteiger partial charge in [-0.05, 0) is 18.4 Å².